The van der Waals surface area contributed by atoms with Crippen molar-refractivity contribution in [3.05, 3.63) is 53.6 Å². The Hall–Kier alpha value is -2.58. The van der Waals surface area contributed by atoms with Gasteiger partial charge in [-0.2, -0.15) is 4.31 Å². The Labute approximate surface area is 183 Å². The minimum absolute atomic E-state index is 0.0642. The molecule has 1 N–H and O–H groups in total. The molecule has 2 aromatic rings. The highest BCUT2D eigenvalue weighted by Crippen LogP contribution is 2.31. The fourth-order valence-electron chi connectivity index (χ4n) is 3.90. The summed E-state index contributed by atoms with van der Waals surface area (Å²) in [5, 5.41) is 2.94. The zero-order valence-corrected chi connectivity index (χ0v) is 18.7. The number of hydrogen-bond acceptors (Lipinski definition) is 5. The number of benzene rings is 2. The maximum atomic E-state index is 13.0. The monoisotopic (exact) mass is 444 g/mol. The normalized spacial score (nSPS) is 19.7. The number of nitrogens with zero attached hydrogens (tertiary/aromatic N) is 1. The molecule has 1 saturated heterocycles. The maximum absolute atomic E-state index is 13.0. The summed E-state index contributed by atoms with van der Waals surface area (Å²) >= 11 is 0. The average molecular weight is 445 g/mol. The molecule has 0 bridgehead atoms. The van der Waals surface area contributed by atoms with Crippen LogP contribution in [0.3, 0.4) is 0 Å². The average Bonchev–Trinajstić information content (AvgIpc) is 2.79. The van der Waals surface area contributed by atoms with E-state index < -0.39 is 10.0 Å². The summed E-state index contributed by atoms with van der Waals surface area (Å²) in [6, 6.07) is 12.7. The molecule has 7 nitrogen and oxygen atoms in total. The van der Waals surface area contributed by atoms with E-state index in [4.69, 9.17) is 9.47 Å². The molecule has 4 rings (SSSR count). The van der Waals surface area contributed by atoms with Gasteiger partial charge >= 0.3 is 0 Å². The van der Waals surface area contributed by atoms with Crippen LogP contribution in [0.15, 0.2) is 47.4 Å². The largest absolute Gasteiger partial charge is 0.486 e. The van der Waals surface area contributed by atoms with E-state index in [-0.39, 0.29) is 17.9 Å². The Kier molecular flexibility index (Phi) is 6.20. The van der Waals surface area contributed by atoms with Gasteiger partial charge in [0, 0.05) is 19.0 Å². The van der Waals surface area contributed by atoms with Crippen molar-refractivity contribution >= 4 is 15.9 Å². The summed E-state index contributed by atoms with van der Waals surface area (Å²) in [6.45, 7) is 5.27. The highest BCUT2D eigenvalue weighted by molar-refractivity contribution is 7.89. The Balaban J connectivity index is 1.28. The van der Waals surface area contributed by atoms with Crippen molar-refractivity contribution in [1.82, 2.24) is 9.62 Å². The van der Waals surface area contributed by atoms with E-state index in [1.54, 1.807) is 12.1 Å². The number of nitrogens with one attached hydrogen (secondary N) is 1. The number of para-hydroxylation sites is 2. The summed E-state index contributed by atoms with van der Waals surface area (Å²) in [5.41, 5.74) is 2.01. The number of aryl methyl sites for hydroxylation is 2. The second-order valence-electron chi connectivity index (χ2n) is 8.17. The maximum Gasteiger partial charge on any atom is 0.243 e. The van der Waals surface area contributed by atoms with Gasteiger partial charge < -0.3 is 14.8 Å². The molecule has 1 atom stereocenters. The predicted molar refractivity (Wildman–Crippen MR) is 117 cm³/mol. The lowest BCUT2D eigenvalue weighted by molar-refractivity contribution is -0.126. The van der Waals surface area contributed by atoms with Gasteiger partial charge in [0.05, 0.1) is 11.4 Å². The summed E-state index contributed by atoms with van der Waals surface area (Å²) in [7, 11) is -3.54. The summed E-state index contributed by atoms with van der Waals surface area (Å²) in [5.74, 6) is 1.12. The summed E-state index contributed by atoms with van der Waals surface area (Å²) in [4.78, 5) is 12.9. The Morgan fingerprint density at radius 2 is 1.77 bits per heavy atom. The van der Waals surface area contributed by atoms with Gasteiger partial charge in [-0.3, -0.25) is 4.79 Å². The number of fused-ring (bicyclic) bond motifs is 1. The van der Waals surface area contributed by atoms with Crippen molar-refractivity contribution in [2.75, 3.05) is 26.2 Å². The quantitative estimate of drug-likeness (QED) is 0.767. The molecule has 1 amide bonds. The Morgan fingerprint density at radius 3 is 2.48 bits per heavy atom. The number of rotatable bonds is 5. The number of ether oxygens (including phenoxy) is 2. The summed E-state index contributed by atoms with van der Waals surface area (Å²) < 4.78 is 38.9. The van der Waals surface area contributed by atoms with Crippen molar-refractivity contribution in [1.29, 1.82) is 0 Å². The molecule has 2 aromatic carbocycles. The number of piperidine rings is 1. The van der Waals surface area contributed by atoms with E-state index in [0.717, 1.165) is 11.1 Å². The first-order valence-corrected chi connectivity index (χ1v) is 12.0. The smallest absolute Gasteiger partial charge is 0.243 e. The third-order valence-corrected chi connectivity index (χ3v) is 7.91. The molecule has 166 valence electrons. The first kappa shape index (κ1) is 21.6. The van der Waals surface area contributed by atoms with E-state index in [9.17, 15) is 13.2 Å². The molecule has 0 saturated carbocycles. The Morgan fingerprint density at radius 1 is 1.06 bits per heavy atom. The molecule has 0 unspecified atom stereocenters. The topological polar surface area (TPSA) is 84.9 Å². The van der Waals surface area contributed by atoms with Crippen LogP contribution in [0.4, 0.5) is 0 Å². The number of carbonyl (C=O) groups excluding carboxylic acids is 1. The third kappa shape index (κ3) is 4.70. The van der Waals surface area contributed by atoms with E-state index in [0.29, 0.717) is 55.5 Å². The minimum atomic E-state index is -3.54. The molecular formula is C23H28N2O5S. The first-order valence-electron chi connectivity index (χ1n) is 10.6. The van der Waals surface area contributed by atoms with Crippen LogP contribution >= 0.6 is 0 Å². The van der Waals surface area contributed by atoms with Crippen molar-refractivity contribution < 1.29 is 22.7 Å². The molecular weight excluding hydrogens is 416 g/mol. The SMILES string of the molecule is Cc1ccc(S(=O)(=O)N2CCC(C(=O)NC[C@@H]3COc4ccccc4O3)CC2)cc1C. The van der Waals surface area contributed by atoms with E-state index in [1.165, 1.54) is 4.31 Å². The molecule has 31 heavy (non-hydrogen) atoms. The lowest BCUT2D eigenvalue weighted by atomic mass is 9.97. The molecule has 0 spiro atoms. The van der Waals surface area contributed by atoms with Crippen LogP contribution in [0.5, 0.6) is 11.5 Å². The van der Waals surface area contributed by atoms with Crippen LogP contribution < -0.4 is 14.8 Å². The molecule has 1 fully saturated rings. The highest BCUT2D eigenvalue weighted by atomic mass is 32.2. The number of sulfonamides is 1. The van der Waals surface area contributed by atoms with Crippen molar-refractivity contribution in [3.8, 4) is 11.5 Å². The van der Waals surface area contributed by atoms with Crippen LogP contribution in [0.2, 0.25) is 0 Å². The molecule has 2 heterocycles. The molecule has 0 radical (unpaired) electrons. The minimum Gasteiger partial charge on any atom is -0.486 e. The zero-order chi connectivity index (χ0) is 22.0. The first-order chi connectivity index (χ1) is 14.8. The molecule has 8 heteroatoms. The van der Waals surface area contributed by atoms with Crippen LogP contribution in [-0.4, -0.2) is 51.0 Å². The lowest BCUT2D eigenvalue weighted by Gasteiger charge is -2.31. The van der Waals surface area contributed by atoms with E-state index >= 15 is 0 Å². The van der Waals surface area contributed by atoms with Crippen LogP contribution in [0.1, 0.15) is 24.0 Å². The molecule has 2 aliphatic rings. The van der Waals surface area contributed by atoms with Gasteiger partial charge in [-0.1, -0.05) is 18.2 Å². The van der Waals surface area contributed by atoms with Gasteiger partial charge in [0.25, 0.3) is 0 Å². The van der Waals surface area contributed by atoms with Gasteiger partial charge in [0.15, 0.2) is 11.5 Å². The van der Waals surface area contributed by atoms with Crippen LogP contribution in [0, 0.1) is 19.8 Å². The Bertz CT molecular complexity index is 1060. The molecule has 0 aliphatic carbocycles. The van der Waals surface area contributed by atoms with Crippen LogP contribution in [-0.2, 0) is 14.8 Å². The van der Waals surface area contributed by atoms with Gasteiger partial charge in [0.1, 0.15) is 12.7 Å². The van der Waals surface area contributed by atoms with E-state index in [2.05, 4.69) is 5.32 Å². The number of hydrogen-bond donors (Lipinski definition) is 1. The predicted octanol–water partition coefficient (Wildman–Crippen LogP) is 2.66. The fourth-order valence-corrected chi connectivity index (χ4v) is 5.46. The third-order valence-electron chi connectivity index (χ3n) is 6.01. The van der Waals surface area contributed by atoms with Gasteiger partial charge in [-0.05, 0) is 62.1 Å². The molecule has 2 aliphatic heterocycles. The zero-order valence-electron chi connectivity index (χ0n) is 17.8. The van der Waals surface area contributed by atoms with Gasteiger partial charge in [0.2, 0.25) is 15.9 Å². The number of amides is 1. The second kappa shape index (κ2) is 8.88. The fraction of sp³-hybridized carbons (Fsp3) is 0.435. The van der Waals surface area contributed by atoms with E-state index in [1.807, 2.05) is 44.2 Å². The highest BCUT2D eigenvalue weighted by Gasteiger charge is 2.32. The number of carbonyl (C=O) groups is 1. The molecule has 0 aromatic heterocycles. The van der Waals surface area contributed by atoms with Crippen LogP contribution in [0.25, 0.3) is 0 Å². The second-order valence-corrected chi connectivity index (χ2v) is 10.1. The van der Waals surface area contributed by atoms with Crippen molar-refractivity contribution in [2.45, 2.75) is 37.7 Å². The van der Waals surface area contributed by atoms with Crippen molar-refractivity contribution in [3.63, 3.8) is 0 Å². The van der Waals surface area contributed by atoms with Gasteiger partial charge in [-0.25, -0.2) is 8.42 Å². The van der Waals surface area contributed by atoms with Gasteiger partial charge in [-0.15, -0.1) is 0 Å². The standard InChI is InChI=1S/C23H28N2O5S/c1-16-7-8-20(13-17(16)2)31(27,28)25-11-9-18(10-12-25)23(26)24-14-19-15-29-21-5-3-4-6-22(21)30-19/h3-8,13,18-19H,9-12,14-15H2,1-2H3,(H,24,26)/t19-/m1/s1. The van der Waals surface area contributed by atoms with Crippen molar-refractivity contribution in [2.24, 2.45) is 5.92 Å². The lowest BCUT2D eigenvalue weighted by Crippen LogP contribution is -2.46. The summed E-state index contributed by atoms with van der Waals surface area (Å²) in [6.07, 6.45) is 0.755.